The summed E-state index contributed by atoms with van der Waals surface area (Å²) < 4.78 is 1.19. The zero-order valence-electron chi connectivity index (χ0n) is 9.77. The maximum Gasteiger partial charge on any atom is 0.188 e. The smallest absolute Gasteiger partial charge is 0.188 e. The number of halogens is 1. The number of anilines is 2. The highest BCUT2D eigenvalue weighted by Crippen LogP contribution is 2.29. The van der Waals surface area contributed by atoms with E-state index in [9.17, 15) is 0 Å². The number of para-hydroxylation sites is 1. The first-order valence-electron chi connectivity index (χ1n) is 5.61. The van der Waals surface area contributed by atoms with E-state index in [4.69, 9.17) is 11.6 Å². The van der Waals surface area contributed by atoms with Gasteiger partial charge in [-0.2, -0.15) is 0 Å². The van der Waals surface area contributed by atoms with E-state index in [1.54, 1.807) is 11.3 Å². The number of aromatic nitrogens is 1. The second-order valence-electron chi connectivity index (χ2n) is 4.07. The number of nitrogens with one attached hydrogen (secondary N) is 1. The molecular weight excluding hydrogens is 264 g/mol. The first kappa shape index (κ1) is 11.5. The Morgan fingerprint density at radius 3 is 2.78 bits per heavy atom. The molecule has 0 unspecified atom stereocenters. The van der Waals surface area contributed by atoms with E-state index in [1.807, 2.05) is 43.3 Å². The molecule has 0 saturated heterocycles. The van der Waals surface area contributed by atoms with E-state index in [0.717, 1.165) is 26.9 Å². The molecule has 0 aliphatic rings. The summed E-state index contributed by atoms with van der Waals surface area (Å²) in [5.41, 5.74) is 3.18. The molecule has 2 aromatic carbocycles. The molecule has 1 heterocycles. The zero-order chi connectivity index (χ0) is 12.5. The number of benzene rings is 2. The molecule has 0 amide bonds. The van der Waals surface area contributed by atoms with Crippen molar-refractivity contribution in [3.63, 3.8) is 0 Å². The SMILES string of the molecule is Cc1cc(Cl)ccc1Nc1nc2ccccc2s1. The molecule has 2 nitrogen and oxygen atoms in total. The van der Waals surface area contributed by atoms with Crippen molar-refractivity contribution < 1.29 is 0 Å². The minimum absolute atomic E-state index is 0.752. The molecule has 0 spiro atoms. The summed E-state index contributed by atoms with van der Waals surface area (Å²) >= 11 is 7.59. The van der Waals surface area contributed by atoms with Crippen molar-refractivity contribution in [2.75, 3.05) is 5.32 Å². The van der Waals surface area contributed by atoms with Gasteiger partial charge in [0.05, 0.1) is 10.2 Å². The van der Waals surface area contributed by atoms with Crippen molar-refractivity contribution in [3.8, 4) is 0 Å². The normalized spacial score (nSPS) is 10.8. The third-order valence-corrected chi connectivity index (χ3v) is 3.91. The van der Waals surface area contributed by atoms with Crippen molar-refractivity contribution in [2.45, 2.75) is 6.92 Å². The van der Waals surface area contributed by atoms with E-state index in [0.29, 0.717) is 0 Å². The van der Waals surface area contributed by atoms with Gasteiger partial charge in [0.2, 0.25) is 0 Å². The van der Waals surface area contributed by atoms with Crippen LogP contribution < -0.4 is 5.32 Å². The molecule has 3 aromatic rings. The third-order valence-electron chi connectivity index (χ3n) is 2.72. The van der Waals surface area contributed by atoms with Crippen LogP contribution in [0.1, 0.15) is 5.56 Å². The fourth-order valence-electron chi connectivity index (χ4n) is 1.81. The predicted octanol–water partition coefficient (Wildman–Crippen LogP) is 5.00. The van der Waals surface area contributed by atoms with Crippen LogP contribution in [0.2, 0.25) is 5.02 Å². The van der Waals surface area contributed by atoms with Gasteiger partial charge in [0, 0.05) is 10.7 Å². The quantitative estimate of drug-likeness (QED) is 0.711. The molecular formula is C14H11ClN2S. The minimum Gasteiger partial charge on any atom is -0.331 e. The molecule has 90 valence electrons. The van der Waals surface area contributed by atoms with Crippen molar-refractivity contribution in [2.24, 2.45) is 0 Å². The second kappa shape index (κ2) is 4.59. The topological polar surface area (TPSA) is 24.9 Å². The summed E-state index contributed by atoms with van der Waals surface area (Å²) in [5.74, 6) is 0. The van der Waals surface area contributed by atoms with E-state index < -0.39 is 0 Å². The first-order valence-corrected chi connectivity index (χ1v) is 6.80. The molecule has 0 aliphatic carbocycles. The van der Waals surface area contributed by atoms with Gasteiger partial charge in [-0.05, 0) is 42.8 Å². The number of thiazole rings is 1. The summed E-state index contributed by atoms with van der Waals surface area (Å²) in [5, 5.41) is 4.99. The van der Waals surface area contributed by atoms with Crippen molar-refractivity contribution in [1.29, 1.82) is 0 Å². The lowest BCUT2D eigenvalue weighted by Gasteiger charge is -2.06. The van der Waals surface area contributed by atoms with Crippen molar-refractivity contribution in [1.82, 2.24) is 4.98 Å². The lowest BCUT2D eigenvalue weighted by Crippen LogP contribution is -1.91. The minimum atomic E-state index is 0.752. The molecule has 4 heteroatoms. The first-order chi connectivity index (χ1) is 8.72. The van der Waals surface area contributed by atoms with E-state index >= 15 is 0 Å². The fraction of sp³-hybridized carbons (Fsp3) is 0.0714. The van der Waals surface area contributed by atoms with E-state index in [1.165, 1.54) is 4.70 Å². The summed E-state index contributed by atoms with van der Waals surface area (Å²) in [4.78, 5) is 4.55. The Kier molecular flexibility index (Phi) is 2.94. The molecule has 0 atom stereocenters. The highest BCUT2D eigenvalue weighted by molar-refractivity contribution is 7.22. The molecule has 1 aromatic heterocycles. The molecule has 0 fully saturated rings. The van der Waals surface area contributed by atoms with Gasteiger partial charge in [-0.3, -0.25) is 0 Å². The Labute approximate surface area is 114 Å². The van der Waals surface area contributed by atoms with Gasteiger partial charge in [-0.25, -0.2) is 4.98 Å². The average molecular weight is 275 g/mol. The monoisotopic (exact) mass is 274 g/mol. The van der Waals surface area contributed by atoms with Gasteiger partial charge in [-0.1, -0.05) is 35.1 Å². The van der Waals surface area contributed by atoms with Crippen LogP contribution in [0.25, 0.3) is 10.2 Å². The predicted molar refractivity (Wildman–Crippen MR) is 79.1 cm³/mol. The number of aryl methyl sites for hydroxylation is 1. The Balaban J connectivity index is 1.96. The van der Waals surface area contributed by atoms with Gasteiger partial charge < -0.3 is 5.32 Å². The van der Waals surface area contributed by atoms with Crippen LogP contribution in [0.3, 0.4) is 0 Å². The number of hydrogen-bond donors (Lipinski definition) is 1. The number of nitrogens with zero attached hydrogens (tertiary/aromatic N) is 1. The highest BCUT2D eigenvalue weighted by atomic mass is 35.5. The standard InChI is InChI=1S/C14H11ClN2S/c1-9-8-10(15)6-7-11(9)16-14-17-12-4-2-3-5-13(12)18-14/h2-8H,1H3,(H,16,17). The van der Waals surface area contributed by atoms with Gasteiger partial charge in [0.1, 0.15) is 0 Å². The van der Waals surface area contributed by atoms with Crippen LogP contribution in [0.4, 0.5) is 10.8 Å². The Morgan fingerprint density at radius 1 is 1.17 bits per heavy atom. The summed E-state index contributed by atoms with van der Waals surface area (Å²) in [6, 6.07) is 13.9. The van der Waals surface area contributed by atoms with Crippen LogP contribution in [-0.4, -0.2) is 4.98 Å². The number of rotatable bonds is 2. The van der Waals surface area contributed by atoms with E-state index in [2.05, 4.69) is 16.4 Å². The average Bonchev–Trinajstić information content (AvgIpc) is 2.75. The Bertz CT molecular complexity index is 673. The van der Waals surface area contributed by atoms with Gasteiger partial charge >= 0.3 is 0 Å². The molecule has 1 N–H and O–H groups in total. The lowest BCUT2D eigenvalue weighted by atomic mass is 10.2. The summed E-state index contributed by atoms with van der Waals surface area (Å²) in [6.07, 6.45) is 0. The molecule has 3 rings (SSSR count). The fourth-order valence-corrected chi connectivity index (χ4v) is 2.91. The maximum atomic E-state index is 5.94. The van der Waals surface area contributed by atoms with Crippen LogP contribution >= 0.6 is 22.9 Å². The van der Waals surface area contributed by atoms with Crippen molar-refractivity contribution >= 4 is 44.0 Å². The molecule has 0 radical (unpaired) electrons. The lowest BCUT2D eigenvalue weighted by molar-refractivity contribution is 1.40. The van der Waals surface area contributed by atoms with E-state index in [-0.39, 0.29) is 0 Å². The Morgan fingerprint density at radius 2 is 2.00 bits per heavy atom. The van der Waals surface area contributed by atoms with Gasteiger partial charge in [-0.15, -0.1) is 0 Å². The Hall–Kier alpha value is -1.58. The van der Waals surface area contributed by atoms with Gasteiger partial charge in [0.15, 0.2) is 5.13 Å². The van der Waals surface area contributed by atoms with Crippen LogP contribution in [0.15, 0.2) is 42.5 Å². The maximum absolute atomic E-state index is 5.94. The third kappa shape index (κ3) is 2.19. The second-order valence-corrected chi connectivity index (χ2v) is 5.54. The zero-order valence-corrected chi connectivity index (χ0v) is 11.3. The van der Waals surface area contributed by atoms with Crippen LogP contribution in [0, 0.1) is 6.92 Å². The van der Waals surface area contributed by atoms with Gasteiger partial charge in [0.25, 0.3) is 0 Å². The molecule has 0 saturated carbocycles. The summed E-state index contributed by atoms with van der Waals surface area (Å²) in [6.45, 7) is 2.03. The molecule has 0 aliphatic heterocycles. The summed E-state index contributed by atoms with van der Waals surface area (Å²) in [7, 11) is 0. The molecule has 0 bridgehead atoms. The van der Waals surface area contributed by atoms with Crippen molar-refractivity contribution in [3.05, 3.63) is 53.1 Å². The highest BCUT2D eigenvalue weighted by Gasteiger charge is 2.05. The number of hydrogen-bond acceptors (Lipinski definition) is 3. The molecule has 18 heavy (non-hydrogen) atoms. The van der Waals surface area contributed by atoms with Crippen LogP contribution in [0.5, 0.6) is 0 Å². The number of fused-ring (bicyclic) bond motifs is 1. The van der Waals surface area contributed by atoms with Crippen LogP contribution in [-0.2, 0) is 0 Å². The largest absolute Gasteiger partial charge is 0.331 e.